The van der Waals surface area contributed by atoms with Gasteiger partial charge in [0.15, 0.2) is 5.65 Å². The highest BCUT2D eigenvalue weighted by atomic mass is 19.4. The van der Waals surface area contributed by atoms with E-state index in [2.05, 4.69) is 10.1 Å². The normalized spacial score (nSPS) is 12.2. The molecule has 0 unspecified atom stereocenters. The highest BCUT2D eigenvalue weighted by Crippen LogP contribution is 2.29. The van der Waals surface area contributed by atoms with Gasteiger partial charge < -0.3 is 5.73 Å². The summed E-state index contributed by atoms with van der Waals surface area (Å²) in [4.78, 5) is 3.69. The van der Waals surface area contributed by atoms with Crippen LogP contribution in [0.2, 0.25) is 0 Å². The van der Waals surface area contributed by atoms with Crippen LogP contribution in [-0.4, -0.2) is 14.6 Å². The molecule has 0 fully saturated rings. The molecule has 2 aromatic heterocycles. The highest BCUT2D eigenvalue weighted by molar-refractivity contribution is 5.63. The molecule has 7 heteroatoms. The van der Waals surface area contributed by atoms with Crippen LogP contribution in [0.1, 0.15) is 5.69 Å². The summed E-state index contributed by atoms with van der Waals surface area (Å²) in [5.41, 5.74) is 4.62. The first-order valence-corrected chi connectivity index (χ1v) is 3.65. The number of rotatable bonds is 0. The Morgan fingerprint density at radius 2 is 2.07 bits per heavy atom. The lowest BCUT2D eigenvalue weighted by molar-refractivity contribution is -0.142. The van der Waals surface area contributed by atoms with E-state index in [9.17, 15) is 13.2 Å². The van der Waals surface area contributed by atoms with Crippen LogP contribution in [0, 0.1) is 0 Å². The molecule has 0 saturated carbocycles. The summed E-state index contributed by atoms with van der Waals surface area (Å²) in [5.74, 6) is 0. The Morgan fingerprint density at radius 3 is 2.71 bits per heavy atom. The van der Waals surface area contributed by atoms with Gasteiger partial charge in [0.05, 0.1) is 11.9 Å². The number of nitrogens with zero attached hydrogens (tertiary/aromatic N) is 3. The molecule has 0 aliphatic carbocycles. The number of aromatic nitrogens is 3. The Balaban J connectivity index is 2.79. The van der Waals surface area contributed by atoms with Gasteiger partial charge in [-0.3, -0.25) is 0 Å². The topological polar surface area (TPSA) is 56.2 Å². The summed E-state index contributed by atoms with van der Waals surface area (Å²) in [6.45, 7) is 0. The van der Waals surface area contributed by atoms with E-state index in [1.165, 1.54) is 0 Å². The molecule has 2 N–H and O–H groups in total. The first-order valence-electron chi connectivity index (χ1n) is 3.65. The van der Waals surface area contributed by atoms with E-state index < -0.39 is 11.9 Å². The molecular formula is C7H5F3N4. The van der Waals surface area contributed by atoms with Gasteiger partial charge in [-0.15, -0.1) is 0 Å². The van der Waals surface area contributed by atoms with Crippen LogP contribution in [0.25, 0.3) is 5.65 Å². The lowest BCUT2D eigenvalue weighted by atomic mass is 10.4. The van der Waals surface area contributed by atoms with Crippen molar-refractivity contribution in [1.82, 2.24) is 14.6 Å². The number of nitrogens with two attached hydrogens (primary N) is 1. The summed E-state index contributed by atoms with van der Waals surface area (Å²) >= 11 is 0. The average molecular weight is 202 g/mol. The molecule has 0 amide bonds. The Kier molecular flexibility index (Phi) is 1.63. The summed E-state index contributed by atoms with van der Waals surface area (Å²) < 4.78 is 37.9. The number of anilines is 1. The maximum absolute atomic E-state index is 12.4. The van der Waals surface area contributed by atoms with Crippen molar-refractivity contribution < 1.29 is 13.2 Å². The van der Waals surface area contributed by atoms with Crippen molar-refractivity contribution in [2.75, 3.05) is 5.73 Å². The van der Waals surface area contributed by atoms with Crippen LogP contribution in [0.5, 0.6) is 0 Å². The first-order chi connectivity index (χ1) is 6.50. The molecule has 0 spiro atoms. The predicted octanol–water partition coefficient (Wildman–Crippen LogP) is 1.33. The van der Waals surface area contributed by atoms with Gasteiger partial charge in [0.1, 0.15) is 5.69 Å². The zero-order valence-corrected chi connectivity index (χ0v) is 6.78. The van der Waals surface area contributed by atoms with E-state index in [1.807, 2.05) is 0 Å². The Hall–Kier alpha value is -1.79. The second kappa shape index (κ2) is 2.60. The van der Waals surface area contributed by atoms with Crippen LogP contribution in [-0.2, 0) is 6.18 Å². The molecule has 4 nitrogen and oxygen atoms in total. The van der Waals surface area contributed by atoms with Gasteiger partial charge in [-0.1, -0.05) is 0 Å². The fraction of sp³-hybridized carbons (Fsp3) is 0.143. The Labute approximate surface area is 76.2 Å². The fourth-order valence-electron chi connectivity index (χ4n) is 1.12. The first kappa shape index (κ1) is 8.79. The number of hydrogen-bond donors (Lipinski definition) is 1. The minimum absolute atomic E-state index is 0.0137. The van der Waals surface area contributed by atoms with E-state index in [0.29, 0.717) is 4.52 Å². The maximum atomic E-state index is 12.4. The fourth-order valence-corrected chi connectivity index (χ4v) is 1.12. The second-order valence-corrected chi connectivity index (χ2v) is 2.66. The van der Waals surface area contributed by atoms with Gasteiger partial charge in [-0.05, 0) is 6.07 Å². The molecule has 74 valence electrons. The lowest BCUT2D eigenvalue weighted by Crippen LogP contribution is -2.12. The zero-order valence-electron chi connectivity index (χ0n) is 6.78. The average Bonchev–Trinajstić information content (AvgIpc) is 2.46. The van der Waals surface area contributed by atoms with Crippen molar-refractivity contribution in [2.24, 2.45) is 0 Å². The Morgan fingerprint density at radius 1 is 1.36 bits per heavy atom. The van der Waals surface area contributed by atoms with Crippen molar-refractivity contribution in [1.29, 1.82) is 0 Å². The van der Waals surface area contributed by atoms with Gasteiger partial charge in [0, 0.05) is 6.20 Å². The van der Waals surface area contributed by atoms with Crippen molar-refractivity contribution in [2.45, 2.75) is 6.18 Å². The molecule has 2 rings (SSSR count). The van der Waals surface area contributed by atoms with Crippen LogP contribution < -0.4 is 5.73 Å². The standard InChI is InChI=1S/C7H5F3N4/c8-7(9,10)5-1-2-12-6-4(11)3-13-14(5)6/h1-3H,11H2. The number of fused-ring (bicyclic) bond motifs is 1. The molecule has 0 aliphatic rings. The van der Waals surface area contributed by atoms with Crippen LogP contribution in [0.15, 0.2) is 18.5 Å². The maximum Gasteiger partial charge on any atom is 0.433 e. The predicted molar refractivity (Wildman–Crippen MR) is 42.4 cm³/mol. The molecule has 0 aromatic carbocycles. The van der Waals surface area contributed by atoms with Gasteiger partial charge in [-0.2, -0.15) is 18.3 Å². The molecule has 0 atom stereocenters. The lowest BCUT2D eigenvalue weighted by Gasteiger charge is -2.07. The third-order valence-corrected chi connectivity index (χ3v) is 1.72. The molecule has 0 radical (unpaired) electrons. The van der Waals surface area contributed by atoms with Crippen LogP contribution in [0.4, 0.5) is 18.9 Å². The van der Waals surface area contributed by atoms with Crippen molar-refractivity contribution in [3.05, 3.63) is 24.2 Å². The van der Waals surface area contributed by atoms with Crippen LogP contribution >= 0.6 is 0 Å². The second-order valence-electron chi connectivity index (χ2n) is 2.66. The van der Waals surface area contributed by atoms with E-state index in [0.717, 1.165) is 18.5 Å². The number of halogens is 3. The largest absolute Gasteiger partial charge is 0.433 e. The summed E-state index contributed by atoms with van der Waals surface area (Å²) in [5, 5.41) is 3.49. The van der Waals surface area contributed by atoms with Crippen molar-refractivity contribution >= 4 is 11.3 Å². The highest BCUT2D eigenvalue weighted by Gasteiger charge is 2.34. The van der Waals surface area contributed by atoms with Crippen molar-refractivity contribution in [3.63, 3.8) is 0 Å². The summed E-state index contributed by atoms with van der Waals surface area (Å²) in [6.07, 6.45) is -2.27. The van der Waals surface area contributed by atoms with Crippen LogP contribution in [0.3, 0.4) is 0 Å². The summed E-state index contributed by atoms with van der Waals surface area (Å²) in [6, 6.07) is 0.847. The van der Waals surface area contributed by atoms with Gasteiger partial charge in [0.2, 0.25) is 0 Å². The number of alkyl halides is 3. The molecule has 0 saturated heterocycles. The van der Waals surface area contributed by atoms with E-state index >= 15 is 0 Å². The molecule has 2 heterocycles. The smallest absolute Gasteiger partial charge is 0.394 e. The minimum Gasteiger partial charge on any atom is -0.394 e. The van der Waals surface area contributed by atoms with Gasteiger partial charge in [0.25, 0.3) is 0 Å². The number of nitrogen functional groups attached to an aromatic ring is 1. The molecule has 2 aromatic rings. The molecule has 0 bridgehead atoms. The molecule has 0 aliphatic heterocycles. The third-order valence-electron chi connectivity index (χ3n) is 1.72. The monoisotopic (exact) mass is 202 g/mol. The van der Waals surface area contributed by atoms with Crippen molar-refractivity contribution in [3.8, 4) is 0 Å². The SMILES string of the molecule is Nc1cnn2c(C(F)(F)F)ccnc12. The zero-order chi connectivity index (χ0) is 10.3. The molecule has 14 heavy (non-hydrogen) atoms. The van der Waals surface area contributed by atoms with Gasteiger partial charge >= 0.3 is 6.18 Å². The quantitative estimate of drug-likeness (QED) is 0.701. The summed E-state index contributed by atoms with van der Waals surface area (Å²) in [7, 11) is 0. The minimum atomic E-state index is -4.46. The van der Waals surface area contributed by atoms with E-state index in [4.69, 9.17) is 5.73 Å². The third kappa shape index (κ3) is 1.17. The molecular weight excluding hydrogens is 197 g/mol. The van der Waals surface area contributed by atoms with Gasteiger partial charge in [-0.25, -0.2) is 9.50 Å². The van der Waals surface area contributed by atoms with E-state index in [1.54, 1.807) is 0 Å². The van der Waals surface area contributed by atoms with E-state index in [-0.39, 0.29) is 11.3 Å². The Bertz CT molecular complexity index is 473. The number of hydrogen-bond acceptors (Lipinski definition) is 3.